The second-order valence-electron chi connectivity index (χ2n) is 3.45. The highest BCUT2D eigenvalue weighted by Gasteiger charge is 2.15. The Bertz CT molecular complexity index is 388. The van der Waals surface area contributed by atoms with Crippen LogP contribution in [0.1, 0.15) is 18.9 Å². The Morgan fingerprint density at radius 1 is 1.43 bits per heavy atom. The standard InChI is InChI=1S/C13H14S/c1-3-6-11-9-12-7-4-5-8-13(12)14-10(11)2/h4-8H,2-3,9H2,1H3/b11-6-. The summed E-state index contributed by atoms with van der Waals surface area (Å²) in [4.78, 5) is 2.58. The molecule has 72 valence electrons. The zero-order valence-electron chi connectivity index (χ0n) is 8.42. The van der Waals surface area contributed by atoms with Gasteiger partial charge in [0.2, 0.25) is 0 Å². The molecule has 0 aromatic heterocycles. The van der Waals surface area contributed by atoms with Crippen LogP contribution in [0, 0.1) is 0 Å². The maximum absolute atomic E-state index is 4.11. The van der Waals surface area contributed by atoms with E-state index < -0.39 is 0 Å². The van der Waals surface area contributed by atoms with Crippen LogP contribution in [0.25, 0.3) is 0 Å². The highest BCUT2D eigenvalue weighted by molar-refractivity contribution is 8.03. The van der Waals surface area contributed by atoms with Crippen LogP contribution >= 0.6 is 11.8 Å². The van der Waals surface area contributed by atoms with Gasteiger partial charge >= 0.3 is 0 Å². The Labute approximate surface area is 89.7 Å². The Morgan fingerprint density at radius 3 is 3.00 bits per heavy atom. The molecule has 2 rings (SSSR count). The van der Waals surface area contributed by atoms with Gasteiger partial charge in [0.05, 0.1) is 0 Å². The minimum atomic E-state index is 1.05. The minimum Gasteiger partial charge on any atom is -0.0901 e. The fourth-order valence-electron chi connectivity index (χ4n) is 1.68. The monoisotopic (exact) mass is 202 g/mol. The van der Waals surface area contributed by atoms with E-state index in [1.54, 1.807) is 11.8 Å². The molecule has 0 aliphatic carbocycles. The maximum atomic E-state index is 4.11. The largest absolute Gasteiger partial charge is 0.0901 e. The summed E-state index contributed by atoms with van der Waals surface area (Å²) in [5.41, 5.74) is 2.83. The summed E-state index contributed by atoms with van der Waals surface area (Å²) in [5, 5.41) is 0. The van der Waals surface area contributed by atoms with Gasteiger partial charge in [-0.25, -0.2) is 0 Å². The van der Waals surface area contributed by atoms with Crippen molar-refractivity contribution in [1.29, 1.82) is 0 Å². The Hall–Kier alpha value is -0.950. The summed E-state index contributed by atoms with van der Waals surface area (Å²) in [6.45, 7) is 6.28. The van der Waals surface area contributed by atoms with Gasteiger partial charge in [0.25, 0.3) is 0 Å². The molecule has 1 aliphatic heterocycles. The summed E-state index contributed by atoms with van der Waals surface area (Å²) in [6.07, 6.45) is 4.43. The molecular formula is C13H14S. The van der Waals surface area contributed by atoms with Gasteiger partial charge < -0.3 is 0 Å². The second-order valence-corrected chi connectivity index (χ2v) is 4.58. The third-order valence-electron chi connectivity index (χ3n) is 2.40. The van der Waals surface area contributed by atoms with Crippen molar-refractivity contribution in [2.24, 2.45) is 0 Å². The first kappa shape index (κ1) is 9.60. The predicted octanol–water partition coefficient (Wildman–Crippen LogP) is 4.18. The summed E-state index contributed by atoms with van der Waals surface area (Å²) in [7, 11) is 0. The first-order chi connectivity index (χ1) is 6.81. The minimum absolute atomic E-state index is 1.05. The highest BCUT2D eigenvalue weighted by Crippen LogP contribution is 2.39. The van der Waals surface area contributed by atoms with Crippen LogP contribution in [0.3, 0.4) is 0 Å². The third kappa shape index (κ3) is 1.78. The summed E-state index contributed by atoms with van der Waals surface area (Å²) in [6, 6.07) is 8.58. The molecule has 1 aromatic carbocycles. The molecule has 0 radical (unpaired) electrons. The number of rotatable bonds is 1. The third-order valence-corrected chi connectivity index (χ3v) is 3.52. The molecule has 0 atom stereocenters. The SMILES string of the molecule is C=C1Sc2ccccc2C/C1=C/CC. The Morgan fingerprint density at radius 2 is 2.21 bits per heavy atom. The van der Waals surface area contributed by atoms with E-state index in [-0.39, 0.29) is 0 Å². The molecule has 14 heavy (non-hydrogen) atoms. The first-order valence-corrected chi connectivity index (χ1v) is 5.77. The van der Waals surface area contributed by atoms with Crippen molar-refractivity contribution in [2.75, 3.05) is 0 Å². The number of allylic oxidation sites excluding steroid dienone is 2. The van der Waals surface area contributed by atoms with Crippen LogP contribution in [-0.4, -0.2) is 0 Å². The van der Waals surface area contributed by atoms with Crippen LogP contribution in [0.2, 0.25) is 0 Å². The molecule has 0 saturated carbocycles. The van der Waals surface area contributed by atoms with Crippen LogP contribution in [-0.2, 0) is 6.42 Å². The topological polar surface area (TPSA) is 0 Å². The van der Waals surface area contributed by atoms with E-state index >= 15 is 0 Å². The average molecular weight is 202 g/mol. The van der Waals surface area contributed by atoms with Gasteiger partial charge in [-0.15, -0.1) is 0 Å². The lowest BCUT2D eigenvalue weighted by Crippen LogP contribution is -2.00. The van der Waals surface area contributed by atoms with Crippen molar-refractivity contribution in [3.63, 3.8) is 0 Å². The molecule has 0 fully saturated rings. The molecule has 1 aromatic rings. The molecule has 0 nitrogen and oxygen atoms in total. The molecule has 0 saturated heterocycles. The molecule has 0 N–H and O–H groups in total. The molecule has 1 heteroatoms. The lowest BCUT2D eigenvalue weighted by Gasteiger charge is -2.19. The van der Waals surface area contributed by atoms with Gasteiger partial charge in [0.15, 0.2) is 0 Å². The van der Waals surface area contributed by atoms with Crippen molar-refractivity contribution in [3.8, 4) is 0 Å². The molecule has 0 bridgehead atoms. The molecule has 0 unspecified atom stereocenters. The van der Waals surface area contributed by atoms with Gasteiger partial charge in [-0.2, -0.15) is 0 Å². The fraction of sp³-hybridized carbons (Fsp3) is 0.231. The van der Waals surface area contributed by atoms with E-state index in [0.29, 0.717) is 0 Å². The summed E-state index contributed by atoms with van der Waals surface area (Å²) >= 11 is 1.80. The lowest BCUT2D eigenvalue weighted by molar-refractivity contribution is 1.07. The average Bonchev–Trinajstić information content (AvgIpc) is 2.19. The summed E-state index contributed by atoms with van der Waals surface area (Å²) < 4.78 is 0. The summed E-state index contributed by atoms with van der Waals surface area (Å²) in [5.74, 6) is 0. The zero-order chi connectivity index (χ0) is 9.97. The van der Waals surface area contributed by atoms with Crippen LogP contribution in [0.4, 0.5) is 0 Å². The van der Waals surface area contributed by atoms with Crippen molar-refractivity contribution in [3.05, 3.63) is 53.0 Å². The second kappa shape index (κ2) is 4.05. The zero-order valence-corrected chi connectivity index (χ0v) is 9.23. The van der Waals surface area contributed by atoms with Crippen molar-refractivity contribution in [1.82, 2.24) is 0 Å². The predicted molar refractivity (Wildman–Crippen MR) is 63.5 cm³/mol. The normalized spacial score (nSPS) is 18.4. The lowest BCUT2D eigenvalue weighted by atomic mass is 10.0. The van der Waals surface area contributed by atoms with Gasteiger partial charge in [-0.3, -0.25) is 0 Å². The number of hydrogen-bond donors (Lipinski definition) is 0. The first-order valence-electron chi connectivity index (χ1n) is 4.95. The number of fused-ring (bicyclic) bond motifs is 1. The van der Waals surface area contributed by atoms with Gasteiger partial charge in [-0.1, -0.05) is 49.5 Å². The molecule has 0 spiro atoms. The quantitative estimate of drug-likeness (QED) is 0.658. The molecular weight excluding hydrogens is 188 g/mol. The van der Waals surface area contributed by atoms with Crippen molar-refractivity contribution < 1.29 is 0 Å². The van der Waals surface area contributed by atoms with Gasteiger partial charge in [0, 0.05) is 9.80 Å². The van der Waals surface area contributed by atoms with E-state index in [1.807, 2.05) is 0 Å². The van der Waals surface area contributed by atoms with E-state index in [1.165, 1.54) is 20.9 Å². The van der Waals surface area contributed by atoms with Crippen LogP contribution in [0.5, 0.6) is 0 Å². The Balaban J connectivity index is 2.36. The number of benzene rings is 1. The maximum Gasteiger partial charge on any atom is 0.0157 e. The number of hydrogen-bond acceptors (Lipinski definition) is 1. The van der Waals surface area contributed by atoms with Crippen molar-refractivity contribution >= 4 is 11.8 Å². The van der Waals surface area contributed by atoms with E-state index in [4.69, 9.17) is 0 Å². The number of thioether (sulfide) groups is 1. The van der Waals surface area contributed by atoms with E-state index in [2.05, 4.69) is 43.8 Å². The van der Waals surface area contributed by atoms with E-state index in [9.17, 15) is 0 Å². The van der Waals surface area contributed by atoms with E-state index in [0.717, 1.165) is 12.8 Å². The van der Waals surface area contributed by atoms with Crippen molar-refractivity contribution in [2.45, 2.75) is 24.7 Å². The van der Waals surface area contributed by atoms with Gasteiger partial charge in [-0.05, 0) is 30.0 Å². The van der Waals surface area contributed by atoms with Gasteiger partial charge in [0.1, 0.15) is 0 Å². The van der Waals surface area contributed by atoms with Crippen LogP contribution < -0.4 is 0 Å². The highest BCUT2D eigenvalue weighted by atomic mass is 32.2. The molecule has 1 heterocycles. The Kier molecular flexibility index (Phi) is 2.78. The molecule has 1 aliphatic rings. The molecule has 0 amide bonds. The fourth-order valence-corrected chi connectivity index (χ4v) is 2.65. The van der Waals surface area contributed by atoms with Crippen LogP contribution in [0.15, 0.2) is 52.3 Å². The smallest absolute Gasteiger partial charge is 0.0157 e.